The summed E-state index contributed by atoms with van der Waals surface area (Å²) in [4.78, 5) is 29.3. The molecule has 0 unspecified atom stereocenters. The Morgan fingerprint density at radius 3 is 2.60 bits per heavy atom. The molecule has 3 heterocycles. The number of nitrogens with zero attached hydrogens (tertiary/aromatic N) is 2. The summed E-state index contributed by atoms with van der Waals surface area (Å²) in [5.41, 5.74) is 2.88. The number of piperidine rings is 1. The zero-order valence-electron chi connectivity index (χ0n) is 18.2. The lowest BCUT2D eigenvalue weighted by atomic mass is 9.89. The standard InChI is InChI=1S/C23H32N4O3/c1-4-26(5-2)17-6-7-18-16(3)19(21(28)30-20(18)14-17)8-13-27-15-23(25-22(27)29)9-11-24-12-10-23/h6-7,14,24H,4-5,8-13,15H2,1-3H3,(H,25,29). The molecular weight excluding hydrogens is 380 g/mol. The first kappa shape index (κ1) is 20.7. The van der Waals surface area contributed by atoms with Gasteiger partial charge in [0.1, 0.15) is 5.58 Å². The van der Waals surface area contributed by atoms with Crippen molar-refractivity contribution in [1.82, 2.24) is 15.5 Å². The zero-order chi connectivity index (χ0) is 21.3. The molecule has 1 aromatic carbocycles. The maximum atomic E-state index is 12.7. The van der Waals surface area contributed by atoms with Crippen LogP contribution in [0.1, 0.15) is 37.8 Å². The quantitative estimate of drug-likeness (QED) is 0.714. The molecule has 2 aromatic rings. The fourth-order valence-electron chi connectivity index (χ4n) is 4.86. The molecule has 1 spiro atoms. The van der Waals surface area contributed by atoms with Gasteiger partial charge >= 0.3 is 11.7 Å². The molecule has 7 nitrogen and oxygen atoms in total. The second-order valence-electron chi connectivity index (χ2n) is 8.48. The molecule has 0 aliphatic carbocycles. The summed E-state index contributed by atoms with van der Waals surface area (Å²) in [6.45, 7) is 11.1. The van der Waals surface area contributed by atoms with Crippen LogP contribution in [-0.2, 0) is 6.42 Å². The SMILES string of the molecule is CCN(CC)c1ccc2c(C)c(CCN3CC4(CCNCC4)NC3=O)c(=O)oc2c1. The van der Waals surface area contributed by atoms with Crippen LogP contribution in [0.2, 0.25) is 0 Å². The van der Waals surface area contributed by atoms with Gasteiger partial charge in [-0.05, 0) is 70.8 Å². The van der Waals surface area contributed by atoms with Crippen molar-refractivity contribution in [3.05, 3.63) is 39.7 Å². The number of hydrogen-bond donors (Lipinski definition) is 2. The van der Waals surface area contributed by atoms with E-state index in [0.29, 0.717) is 30.7 Å². The van der Waals surface area contributed by atoms with E-state index in [1.54, 1.807) is 0 Å². The second kappa shape index (κ2) is 8.30. The minimum Gasteiger partial charge on any atom is -0.422 e. The van der Waals surface area contributed by atoms with Gasteiger partial charge in [0.05, 0.1) is 5.54 Å². The van der Waals surface area contributed by atoms with E-state index in [1.807, 2.05) is 24.0 Å². The predicted molar refractivity (Wildman–Crippen MR) is 119 cm³/mol. The monoisotopic (exact) mass is 412 g/mol. The van der Waals surface area contributed by atoms with Crippen molar-refractivity contribution in [1.29, 1.82) is 0 Å². The van der Waals surface area contributed by atoms with E-state index in [0.717, 1.165) is 55.7 Å². The molecule has 0 saturated carbocycles. The number of hydrogen-bond acceptors (Lipinski definition) is 5. The van der Waals surface area contributed by atoms with Gasteiger partial charge in [0.25, 0.3) is 0 Å². The van der Waals surface area contributed by atoms with Crippen LogP contribution < -0.4 is 21.2 Å². The summed E-state index contributed by atoms with van der Waals surface area (Å²) in [5, 5.41) is 7.49. The maximum Gasteiger partial charge on any atom is 0.339 e. The lowest BCUT2D eigenvalue weighted by molar-refractivity contribution is 0.217. The first-order chi connectivity index (χ1) is 14.5. The van der Waals surface area contributed by atoms with E-state index in [9.17, 15) is 9.59 Å². The third-order valence-corrected chi connectivity index (χ3v) is 6.74. The molecule has 0 bridgehead atoms. The molecule has 2 N–H and O–H groups in total. The Bertz CT molecular complexity index is 990. The smallest absolute Gasteiger partial charge is 0.339 e. The molecule has 30 heavy (non-hydrogen) atoms. The number of fused-ring (bicyclic) bond motifs is 1. The van der Waals surface area contributed by atoms with Crippen LogP contribution in [0.3, 0.4) is 0 Å². The fraction of sp³-hybridized carbons (Fsp3) is 0.565. The molecule has 2 saturated heterocycles. The third-order valence-electron chi connectivity index (χ3n) is 6.74. The van der Waals surface area contributed by atoms with Gasteiger partial charge in [-0.3, -0.25) is 0 Å². The van der Waals surface area contributed by atoms with Crippen LogP contribution in [-0.4, -0.2) is 55.7 Å². The summed E-state index contributed by atoms with van der Waals surface area (Å²) >= 11 is 0. The van der Waals surface area contributed by atoms with Gasteiger partial charge in [0, 0.05) is 48.9 Å². The molecular formula is C23H32N4O3. The van der Waals surface area contributed by atoms with Crippen molar-refractivity contribution in [2.45, 2.75) is 45.6 Å². The molecule has 2 aliphatic rings. The number of aryl methyl sites for hydroxylation is 1. The number of nitrogens with one attached hydrogen (secondary N) is 2. The highest BCUT2D eigenvalue weighted by molar-refractivity contribution is 5.84. The van der Waals surface area contributed by atoms with Gasteiger partial charge < -0.3 is 24.9 Å². The Morgan fingerprint density at radius 2 is 1.90 bits per heavy atom. The molecule has 2 fully saturated rings. The fourth-order valence-corrected chi connectivity index (χ4v) is 4.86. The Hall–Kier alpha value is -2.54. The second-order valence-corrected chi connectivity index (χ2v) is 8.48. The van der Waals surface area contributed by atoms with E-state index in [2.05, 4.69) is 35.4 Å². The summed E-state index contributed by atoms with van der Waals surface area (Å²) < 4.78 is 5.70. The van der Waals surface area contributed by atoms with E-state index in [1.165, 1.54) is 0 Å². The number of carbonyl (C=O) groups excluding carboxylic acids is 1. The molecule has 0 atom stereocenters. The van der Waals surface area contributed by atoms with E-state index >= 15 is 0 Å². The largest absolute Gasteiger partial charge is 0.422 e. The maximum absolute atomic E-state index is 12.7. The average molecular weight is 413 g/mol. The van der Waals surface area contributed by atoms with Crippen molar-refractivity contribution in [2.75, 3.05) is 44.2 Å². The number of urea groups is 1. The third kappa shape index (κ3) is 3.78. The highest BCUT2D eigenvalue weighted by Gasteiger charge is 2.42. The lowest BCUT2D eigenvalue weighted by Gasteiger charge is -2.33. The van der Waals surface area contributed by atoms with Crippen molar-refractivity contribution in [2.24, 2.45) is 0 Å². The Labute approximate surface area is 177 Å². The van der Waals surface area contributed by atoms with Crippen LogP contribution >= 0.6 is 0 Å². The van der Waals surface area contributed by atoms with Crippen molar-refractivity contribution < 1.29 is 9.21 Å². The van der Waals surface area contributed by atoms with Crippen LogP contribution in [0, 0.1) is 6.92 Å². The number of carbonyl (C=O) groups is 1. The molecule has 4 rings (SSSR count). The normalized spacial score (nSPS) is 18.2. The first-order valence-corrected chi connectivity index (χ1v) is 11.1. The molecule has 0 radical (unpaired) electrons. The van der Waals surface area contributed by atoms with Gasteiger partial charge in [-0.2, -0.15) is 0 Å². The number of anilines is 1. The highest BCUT2D eigenvalue weighted by atomic mass is 16.4. The van der Waals surface area contributed by atoms with Crippen LogP contribution in [0.5, 0.6) is 0 Å². The van der Waals surface area contributed by atoms with Gasteiger partial charge in [0.15, 0.2) is 0 Å². The van der Waals surface area contributed by atoms with Gasteiger partial charge in [0.2, 0.25) is 0 Å². The summed E-state index contributed by atoms with van der Waals surface area (Å²) in [6.07, 6.45) is 2.39. The van der Waals surface area contributed by atoms with Crippen molar-refractivity contribution in [3.8, 4) is 0 Å². The van der Waals surface area contributed by atoms with Crippen LogP contribution in [0.4, 0.5) is 10.5 Å². The number of amides is 2. The summed E-state index contributed by atoms with van der Waals surface area (Å²) in [6, 6.07) is 6.05. The molecule has 7 heteroatoms. The van der Waals surface area contributed by atoms with Gasteiger partial charge in [-0.1, -0.05) is 0 Å². The van der Waals surface area contributed by atoms with Crippen molar-refractivity contribution in [3.63, 3.8) is 0 Å². The summed E-state index contributed by atoms with van der Waals surface area (Å²) in [7, 11) is 0. The van der Waals surface area contributed by atoms with E-state index in [4.69, 9.17) is 4.42 Å². The molecule has 2 amide bonds. The zero-order valence-corrected chi connectivity index (χ0v) is 18.2. The molecule has 1 aromatic heterocycles. The topological polar surface area (TPSA) is 77.8 Å². The van der Waals surface area contributed by atoms with Crippen LogP contribution in [0.25, 0.3) is 11.0 Å². The predicted octanol–water partition coefficient (Wildman–Crippen LogP) is 2.64. The average Bonchev–Trinajstić information content (AvgIpc) is 3.03. The number of rotatable bonds is 6. The lowest BCUT2D eigenvalue weighted by Crippen LogP contribution is -2.51. The minimum absolute atomic E-state index is 0.0244. The van der Waals surface area contributed by atoms with Gasteiger partial charge in [-0.25, -0.2) is 9.59 Å². The van der Waals surface area contributed by atoms with E-state index in [-0.39, 0.29) is 17.2 Å². The number of benzene rings is 1. The summed E-state index contributed by atoms with van der Waals surface area (Å²) in [5.74, 6) is 0. The minimum atomic E-state index is -0.298. The van der Waals surface area contributed by atoms with Crippen molar-refractivity contribution >= 4 is 22.7 Å². The Morgan fingerprint density at radius 1 is 1.17 bits per heavy atom. The molecule has 162 valence electrons. The Balaban J connectivity index is 1.54. The van der Waals surface area contributed by atoms with Crippen LogP contribution in [0.15, 0.2) is 27.4 Å². The van der Waals surface area contributed by atoms with E-state index < -0.39 is 0 Å². The highest BCUT2D eigenvalue weighted by Crippen LogP contribution is 2.27. The molecule has 2 aliphatic heterocycles. The Kier molecular flexibility index (Phi) is 5.73. The van der Waals surface area contributed by atoms with Gasteiger partial charge in [-0.15, -0.1) is 0 Å². The first-order valence-electron chi connectivity index (χ1n) is 11.1.